The molecule has 11 heteroatoms. The van der Waals surface area contributed by atoms with Crippen molar-refractivity contribution in [2.45, 2.75) is 0 Å². The van der Waals surface area contributed by atoms with Crippen molar-refractivity contribution in [3.05, 3.63) is 0 Å². The van der Waals surface area contributed by atoms with Crippen molar-refractivity contribution in [2.75, 3.05) is 0 Å². The van der Waals surface area contributed by atoms with Gasteiger partial charge in [-0.2, -0.15) is 0 Å². The van der Waals surface area contributed by atoms with Gasteiger partial charge in [-0.1, -0.05) is 0 Å². The van der Waals surface area contributed by atoms with Crippen molar-refractivity contribution in [2.24, 2.45) is 0 Å². The maximum absolute atomic E-state index is 11.5. The third-order valence-electron chi connectivity index (χ3n) is 0.228. The van der Waals surface area contributed by atoms with E-state index in [1.54, 1.807) is 0 Å². The molecule has 0 saturated carbocycles. The number of hydrogen-bond acceptors (Lipinski definition) is 2. The monoisotopic (exact) mass is 326 g/mol. The van der Waals surface area contributed by atoms with Gasteiger partial charge in [-0.25, -0.2) is 0 Å². The summed E-state index contributed by atoms with van der Waals surface area (Å²) >= 11 is -11.5. The SMILES string of the molecule is O=P(F)(F)O[Te](F)(F)(F)(F)F. The summed E-state index contributed by atoms with van der Waals surface area (Å²) in [5.41, 5.74) is 0. The topological polar surface area (TPSA) is 26.3 Å². The van der Waals surface area contributed by atoms with Gasteiger partial charge in [0.05, 0.1) is 0 Å². The first-order valence-electron chi connectivity index (χ1n) is 1.64. The summed E-state index contributed by atoms with van der Waals surface area (Å²) in [6.45, 7) is 0. The average molecular weight is 324 g/mol. The molecule has 0 atom stereocenters. The molecule has 0 amide bonds. The summed E-state index contributed by atoms with van der Waals surface area (Å²) < 4.78 is 86.3. The van der Waals surface area contributed by atoms with E-state index in [1.807, 2.05) is 0 Å². The standard InChI is InChI=1S/F7O2PTe/c1-10(2,8)9-11(3,4,5,6)7. The van der Waals surface area contributed by atoms with Gasteiger partial charge < -0.3 is 0 Å². The van der Waals surface area contributed by atoms with Crippen molar-refractivity contribution in [1.29, 1.82) is 0 Å². The Morgan fingerprint density at radius 3 is 1.27 bits per heavy atom. The van der Waals surface area contributed by atoms with Crippen molar-refractivity contribution in [1.82, 2.24) is 0 Å². The predicted octanol–water partition coefficient (Wildman–Crippen LogP) is 3.23. The summed E-state index contributed by atoms with van der Waals surface area (Å²) in [5.74, 6) is 0. The van der Waals surface area contributed by atoms with Crippen LogP contribution in [0.5, 0.6) is 0 Å². The van der Waals surface area contributed by atoms with Gasteiger partial charge in [0, 0.05) is 0 Å². The van der Waals surface area contributed by atoms with Gasteiger partial charge in [-0.15, -0.1) is 0 Å². The van der Waals surface area contributed by atoms with E-state index in [4.69, 9.17) is 4.57 Å². The van der Waals surface area contributed by atoms with E-state index in [1.165, 1.54) is 0 Å². The molecule has 0 aromatic rings. The minimum atomic E-state index is -11.5. The molecule has 0 aliphatic rings. The van der Waals surface area contributed by atoms with Crippen LogP contribution >= 0.6 is 7.99 Å². The van der Waals surface area contributed by atoms with Crippen LogP contribution in [0.2, 0.25) is 0 Å². The van der Waals surface area contributed by atoms with E-state index in [0.29, 0.717) is 0 Å². The van der Waals surface area contributed by atoms with Crippen LogP contribution in [0.15, 0.2) is 0 Å². The Bertz CT molecular complexity index is 204. The van der Waals surface area contributed by atoms with E-state index >= 15 is 0 Å². The summed E-state index contributed by atoms with van der Waals surface area (Å²) in [6.07, 6.45) is 0. The molecule has 0 heterocycles. The maximum atomic E-state index is 10.9. The van der Waals surface area contributed by atoms with Crippen LogP contribution in [0.1, 0.15) is 0 Å². The zero-order chi connectivity index (χ0) is 9.62. The van der Waals surface area contributed by atoms with E-state index in [9.17, 15) is 22.9 Å². The van der Waals surface area contributed by atoms with E-state index in [0.717, 1.165) is 2.89 Å². The van der Waals surface area contributed by atoms with Crippen LogP contribution in [0.25, 0.3) is 0 Å². The molecular formula is F7O2PTe. The first-order valence-corrected chi connectivity index (χ1v) is 8.40. The fourth-order valence-corrected chi connectivity index (χ4v) is 3.30. The quantitative estimate of drug-likeness (QED) is 0.443. The van der Waals surface area contributed by atoms with Crippen LogP contribution in [0, 0.1) is 0 Å². The molecule has 72 valence electrons. The third-order valence-corrected chi connectivity index (χ3v) is 4.58. The van der Waals surface area contributed by atoms with Crippen LogP contribution in [0.4, 0.5) is 22.9 Å². The van der Waals surface area contributed by atoms with Crippen molar-refractivity contribution >= 4 is 26.7 Å². The van der Waals surface area contributed by atoms with Crippen molar-refractivity contribution < 1.29 is 30.3 Å². The third kappa shape index (κ3) is 10.5. The van der Waals surface area contributed by atoms with Crippen molar-refractivity contribution in [3.63, 3.8) is 0 Å². The summed E-state index contributed by atoms with van der Waals surface area (Å²) in [6, 6.07) is 0. The predicted molar refractivity (Wildman–Crippen MR) is 22.2 cm³/mol. The van der Waals surface area contributed by atoms with E-state index in [2.05, 4.69) is 0 Å². The summed E-state index contributed by atoms with van der Waals surface area (Å²) in [4.78, 5) is 0. The second-order valence-corrected chi connectivity index (χ2v) is 8.77. The fraction of sp³-hybridized carbons (Fsp3) is 0. The van der Waals surface area contributed by atoms with E-state index in [-0.39, 0.29) is 0 Å². The van der Waals surface area contributed by atoms with Gasteiger partial charge in [0.15, 0.2) is 0 Å². The summed E-state index contributed by atoms with van der Waals surface area (Å²) in [5, 5.41) is 0. The van der Waals surface area contributed by atoms with Gasteiger partial charge >= 0.3 is 57.0 Å². The van der Waals surface area contributed by atoms with Gasteiger partial charge in [-0.3, -0.25) is 0 Å². The zero-order valence-corrected chi connectivity index (χ0v) is 7.54. The molecule has 0 bridgehead atoms. The molecule has 2 nitrogen and oxygen atoms in total. The van der Waals surface area contributed by atoms with Gasteiger partial charge in [-0.05, 0) is 0 Å². The Morgan fingerprint density at radius 1 is 1.00 bits per heavy atom. The van der Waals surface area contributed by atoms with Crippen molar-refractivity contribution in [3.8, 4) is 0 Å². The Balaban J connectivity index is 4.81. The first kappa shape index (κ1) is 11.5. The Labute approximate surface area is 57.6 Å². The van der Waals surface area contributed by atoms with Crippen LogP contribution in [-0.2, 0) is 7.45 Å². The van der Waals surface area contributed by atoms with Crippen LogP contribution < -0.4 is 0 Å². The number of halogens is 7. The molecule has 0 aliphatic carbocycles. The van der Waals surface area contributed by atoms with Gasteiger partial charge in [0.2, 0.25) is 0 Å². The molecule has 0 fully saturated rings. The minimum absolute atomic E-state index is 1.08. The molecule has 0 spiro atoms. The molecular weight excluding hydrogens is 324 g/mol. The molecule has 0 aliphatic heterocycles. The number of rotatable bonds is 2. The Hall–Kier alpha value is 0.490. The Kier molecular flexibility index (Phi) is 1.95. The van der Waals surface area contributed by atoms with Gasteiger partial charge in [0.25, 0.3) is 0 Å². The Morgan fingerprint density at radius 2 is 1.27 bits per heavy atom. The molecule has 11 heavy (non-hydrogen) atoms. The molecule has 0 rings (SSSR count). The molecule has 0 saturated heterocycles. The summed E-state index contributed by atoms with van der Waals surface area (Å²) in [7, 11) is -7.21. The molecule has 0 aromatic carbocycles. The molecule has 0 N–H and O–H groups in total. The number of hydrogen-bond donors (Lipinski definition) is 0. The van der Waals surface area contributed by atoms with Gasteiger partial charge in [0.1, 0.15) is 0 Å². The molecule has 0 unspecified atom stereocenters. The average Bonchev–Trinajstić information content (AvgIpc) is 1.05. The molecule has 0 aromatic heterocycles. The first-order chi connectivity index (χ1) is 4.18. The normalized spacial score (nSPS) is 20.6. The van der Waals surface area contributed by atoms with Crippen LogP contribution in [0.3, 0.4) is 0 Å². The second kappa shape index (κ2) is 1.87. The van der Waals surface area contributed by atoms with E-state index < -0.39 is 26.7 Å². The zero-order valence-electron chi connectivity index (χ0n) is 4.32. The molecule has 0 radical (unpaired) electrons. The fourth-order valence-electron chi connectivity index (χ4n) is 0.164. The second-order valence-electron chi connectivity index (χ2n) is 1.39. The van der Waals surface area contributed by atoms with Crippen LogP contribution in [-0.4, -0.2) is 18.7 Å².